The molecule has 0 amide bonds. The second-order valence-electron chi connectivity index (χ2n) is 5.38. The van der Waals surface area contributed by atoms with Gasteiger partial charge in [-0.25, -0.2) is 0 Å². The van der Waals surface area contributed by atoms with Gasteiger partial charge in [0.25, 0.3) is 0 Å². The minimum absolute atomic E-state index is 0.00793. The summed E-state index contributed by atoms with van der Waals surface area (Å²) in [5, 5.41) is 9.86. The summed E-state index contributed by atoms with van der Waals surface area (Å²) in [6.45, 7) is 9.83. The van der Waals surface area contributed by atoms with Gasteiger partial charge < -0.3 is 9.84 Å². The summed E-state index contributed by atoms with van der Waals surface area (Å²) in [5.41, 5.74) is 1.70. The number of ether oxygens (including phenoxy) is 1. The van der Waals surface area contributed by atoms with Gasteiger partial charge in [-0.1, -0.05) is 56.3 Å². The number of carbonyl (C=O) groups is 1. The predicted molar refractivity (Wildman–Crippen MR) is 80.3 cm³/mol. The molecule has 1 N–H and O–H groups in total. The number of hydrogen-bond donors (Lipinski definition) is 1. The smallest absolute Gasteiger partial charge is 0.143 e. The molecular formula is C17H24O3. The molecule has 0 spiro atoms. The van der Waals surface area contributed by atoms with Gasteiger partial charge in [0.05, 0.1) is 19.3 Å². The highest BCUT2D eigenvalue weighted by molar-refractivity contribution is 5.83. The van der Waals surface area contributed by atoms with Crippen LogP contribution >= 0.6 is 0 Å². The molecule has 3 atom stereocenters. The standard InChI is InChI=1S/C17H24O3/c1-12(2)16(18)14(4)17(19)13(3)10-20-11-15-8-6-5-7-9-15/h5-9,13-14,16,18H,1,10-11H2,2-4H3/t13-,14?,16?/m0/s1. The second kappa shape index (κ2) is 7.98. The Hall–Kier alpha value is -1.45. The third kappa shape index (κ3) is 4.91. The van der Waals surface area contributed by atoms with E-state index in [0.717, 1.165) is 5.56 Å². The van der Waals surface area contributed by atoms with E-state index in [4.69, 9.17) is 4.74 Å². The third-order valence-corrected chi connectivity index (χ3v) is 3.39. The highest BCUT2D eigenvalue weighted by Crippen LogP contribution is 2.16. The topological polar surface area (TPSA) is 46.5 Å². The summed E-state index contributed by atoms with van der Waals surface area (Å²) in [6.07, 6.45) is -0.779. The molecule has 0 aromatic heterocycles. The minimum Gasteiger partial charge on any atom is -0.388 e. The lowest BCUT2D eigenvalue weighted by molar-refractivity contribution is -0.130. The van der Waals surface area contributed by atoms with Gasteiger partial charge in [-0.15, -0.1) is 0 Å². The van der Waals surface area contributed by atoms with Crippen molar-refractivity contribution in [3.8, 4) is 0 Å². The van der Waals surface area contributed by atoms with Crippen molar-refractivity contribution in [3.63, 3.8) is 0 Å². The minimum atomic E-state index is -0.779. The van der Waals surface area contributed by atoms with Crippen molar-refractivity contribution in [1.82, 2.24) is 0 Å². The van der Waals surface area contributed by atoms with Crippen molar-refractivity contribution in [1.29, 1.82) is 0 Å². The molecule has 0 fully saturated rings. The number of ketones is 1. The van der Waals surface area contributed by atoms with Crippen LogP contribution in [0.3, 0.4) is 0 Å². The van der Waals surface area contributed by atoms with Crippen LogP contribution < -0.4 is 0 Å². The molecule has 2 unspecified atom stereocenters. The van der Waals surface area contributed by atoms with E-state index in [0.29, 0.717) is 18.8 Å². The van der Waals surface area contributed by atoms with Crippen molar-refractivity contribution in [3.05, 3.63) is 48.0 Å². The molecule has 20 heavy (non-hydrogen) atoms. The monoisotopic (exact) mass is 276 g/mol. The Morgan fingerprint density at radius 1 is 1.30 bits per heavy atom. The fourth-order valence-corrected chi connectivity index (χ4v) is 2.04. The average Bonchev–Trinajstić information content (AvgIpc) is 2.45. The summed E-state index contributed by atoms with van der Waals surface area (Å²) < 4.78 is 5.57. The summed E-state index contributed by atoms with van der Waals surface area (Å²) in [6, 6.07) is 9.84. The number of carbonyl (C=O) groups excluding carboxylic acids is 1. The first-order valence-electron chi connectivity index (χ1n) is 6.92. The van der Waals surface area contributed by atoms with Crippen LogP contribution in [0.1, 0.15) is 26.3 Å². The van der Waals surface area contributed by atoms with Crippen LogP contribution in [0.5, 0.6) is 0 Å². The van der Waals surface area contributed by atoms with E-state index in [1.165, 1.54) is 0 Å². The van der Waals surface area contributed by atoms with E-state index >= 15 is 0 Å². The van der Waals surface area contributed by atoms with Crippen LogP contribution in [0.4, 0.5) is 0 Å². The summed E-state index contributed by atoms with van der Waals surface area (Å²) in [4.78, 5) is 12.2. The molecule has 3 heteroatoms. The van der Waals surface area contributed by atoms with E-state index in [-0.39, 0.29) is 11.7 Å². The van der Waals surface area contributed by atoms with E-state index in [1.54, 1.807) is 13.8 Å². The third-order valence-electron chi connectivity index (χ3n) is 3.39. The molecule has 110 valence electrons. The first-order valence-corrected chi connectivity index (χ1v) is 6.92. The lowest BCUT2D eigenvalue weighted by Crippen LogP contribution is -2.32. The number of aliphatic hydroxyl groups is 1. The van der Waals surface area contributed by atoms with Gasteiger partial charge in [-0.3, -0.25) is 4.79 Å². The number of Topliss-reactive ketones (excluding diaryl/α,β-unsaturated/α-hetero) is 1. The van der Waals surface area contributed by atoms with E-state index in [2.05, 4.69) is 6.58 Å². The normalized spacial score (nSPS) is 15.4. The second-order valence-corrected chi connectivity index (χ2v) is 5.38. The van der Waals surface area contributed by atoms with Gasteiger partial charge in [0, 0.05) is 11.8 Å². The largest absolute Gasteiger partial charge is 0.388 e. The summed E-state index contributed by atoms with van der Waals surface area (Å²) in [7, 11) is 0. The summed E-state index contributed by atoms with van der Waals surface area (Å²) >= 11 is 0. The Bertz CT molecular complexity index is 439. The van der Waals surface area contributed by atoms with Gasteiger partial charge in [0.1, 0.15) is 5.78 Å². The molecule has 0 saturated heterocycles. The van der Waals surface area contributed by atoms with Gasteiger partial charge in [-0.05, 0) is 12.5 Å². The molecule has 0 aliphatic rings. The number of hydrogen-bond acceptors (Lipinski definition) is 3. The Labute approximate surface area is 121 Å². The van der Waals surface area contributed by atoms with Crippen molar-refractivity contribution in [2.45, 2.75) is 33.5 Å². The number of aliphatic hydroxyl groups excluding tert-OH is 1. The molecule has 1 aromatic rings. The van der Waals surface area contributed by atoms with Crippen LogP contribution in [0.15, 0.2) is 42.5 Å². The van der Waals surface area contributed by atoms with Gasteiger partial charge >= 0.3 is 0 Å². The van der Waals surface area contributed by atoms with Crippen LogP contribution in [0, 0.1) is 11.8 Å². The first kappa shape index (κ1) is 16.6. The van der Waals surface area contributed by atoms with Crippen LogP contribution in [0.2, 0.25) is 0 Å². The Morgan fingerprint density at radius 3 is 2.45 bits per heavy atom. The van der Waals surface area contributed by atoms with Crippen LogP contribution in [-0.2, 0) is 16.1 Å². The Morgan fingerprint density at radius 2 is 1.90 bits per heavy atom. The zero-order valence-electron chi connectivity index (χ0n) is 12.5. The number of benzene rings is 1. The van der Waals surface area contributed by atoms with Gasteiger partial charge in [0.15, 0.2) is 0 Å². The van der Waals surface area contributed by atoms with Crippen molar-refractivity contribution < 1.29 is 14.6 Å². The SMILES string of the molecule is C=C(C)C(O)C(C)C(=O)[C@@H](C)COCc1ccccc1. The first-order chi connectivity index (χ1) is 9.43. The molecule has 3 nitrogen and oxygen atoms in total. The summed E-state index contributed by atoms with van der Waals surface area (Å²) in [5.74, 6) is -0.668. The molecule has 0 radical (unpaired) electrons. The Balaban J connectivity index is 2.40. The quantitative estimate of drug-likeness (QED) is 0.742. The van der Waals surface area contributed by atoms with Crippen molar-refractivity contribution in [2.24, 2.45) is 11.8 Å². The van der Waals surface area contributed by atoms with Crippen molar-refractivity contribution in [2.75, 3.05) is 6.61 Å². The maximum atomic E-state index is 12.2. The molecule has 0 saturated carbocycles. The lowest BCUT2D eigenvalue weighted by atomic mass is 9.89. The van der Waals surface area contributed by atoms with Crippen molar-refractivity contribution >= 4 is 5.78 Å². The average molecular weight is 276 g/mol. The predicted octanol–water partition coefficient (Wildman–Crippen LogP) is 2.98. The maximum absolute atomic E-state index is 12.2. The zero-order chi connectivity index (χ0) is 15.1. The molecule has 1 aromatic carbocycles. The molecule has 0 heterocycles. The zero-order valence-corrected chi connectivity index (χ0v) is 12.5. The molecule has 1 rings (SSSR count). The molecule has 0 bridgehead atoms. The van der Waals surface area contributed by atoms with Crippen LogP contribution in [-0.4, -0.2) is 23.6 Å². The number of rotatable bonds is 8. The maximum Gasteiger partial charge on any atom is 0.143 e. The van der Waals surface area contributed by atoms with E-state index < -0.39 is 12.0 Å². The van der Waals surface area contributed by atoms with E-state index in [9.17, 15) is 9.90 Å². The molecule has 0 aliphatic carbocycles. The van der Waals surface area contributed by atoms with Crippen LogP contribution in [0.25, 0.3) is 0 Å². The fourth-order valence-electron chi connectivity index (χ4n) is 2.04. The van der Waals surface area contributed by atoms with Gasteiger partial charge in [-0.2, -0.15) is 0 Å². The van der Waals surface area contributed by atoms with E-state index in [1.807, 2.05) is 37.3 Å². The Kier molecular flexibility index (Phi) is 6.62. The highest BCUT2D eigenvalue weighted by Gasteiger charge is 2.26. The molecular weight excluding hydrogens is 252 g/mol. The molecule has 0 aliphatic heterocycles. The fraction of sp³-hybridized carbons (Fsp3) is 0.471. The highest BCUT2D eigenvalue weighted by atomic mass is 16.5. The van der Waals surface area contributed by atoms with Gasteiger partial charge in [0.2, 0.25) is 0 Å². The lowest BCUT2D eigenvalue weighted by Gasteiger charge is -2.21.